The maximum atomic E-state index is 11.8. The normalized spacial score (nSPS) is 11.8. The van der Waals surface area contributed by atoms with Gasteiger partial charge in [-0.15, -0.1) is 0 Å². The van der Waals surface area contributed by atoms with Crippen LogP contribution in [-0.2, 0) is 9.59 Å². The quantitative estimate of drug-likeness (QED) is 0.810. The number of benzene rings is 1. The van der Waals surface area contributed by atoms with Gasteiger partial charge in [0.1, 0.15) is 0 Å². The van der Waals surface area contributed by atoms with E-state index in [1.807, 2.05) is 6.92 Å². The fourth-order valence-electron chi connectivity index (χ4n) is 1.93. The zero-order chi connectivity index (χ0) is 15.0. The van der Waals surface area contributed by atoms with Crippen LogP contribution in [-0.4, -0.2) is 17.9 Å². The predicted octanol–water partition coefficient (Wildman–Crippen LogP) is 3.36. The topological polar surface area (TPSA) is 58.2 Å². The summed E-state index contributed by atoms with van der Waals surface area (Å²) in [6.07, 6.45) is 2.87. The highest BCUT2D eigenvalue weighted by atomic mass is 35.5. The standard InChI is InChI=1S/C15H21ClN2O2/c1-3-13(17-11(2)19)5-4-6-15(20)18-14-9-7-12(16)8-10-14/h7-10,13H,3-6H2,1-2H3,(H,17,19)(H,18,20). The second-order valence-corrected chi connectivity index (χ2v) is 5.19. The van der Waals surface area contributed by atoms with Crippen LogP contribution < -0.4 is 10.6 Å². The van der Waals surface area contributed by atoms with Gasteiger partial charge in [0.15, 0.2) is 0 Å². The highest BCUT2D eigenvalue weighted by molar-refractivity contribution is 6.30. The molecule has 1 aromatic carbocycles. The van der Waals surface area contributed by atoms with E-state index >= 15 is 0 Å². The molecule has 1 aromatic rings. The van der Waals surface area contributed by atoms with Gasteiger partial charge in [0.05, 0.1) is 0 Å². The highest BCUT2D eigenvalue weighted by Gasteiger charge is 2.09. The number of hydrogen-bond donors (Lipinski definition) is 2. The summed E-state index contributed by atoms with van der Waals surface area (Å²) in [6, 6.07) is 7.16. The Morgan fingerprint density at radius 1 is 1.25 bits per heavy atom. The van der Waals surface area contributed by atoms with Gasteiger partial charge in [-0.2, -0.15) is 0 Å². The summed E-state index contributed by atoms with van der Waals surface area (Å²) in [6.45, 7) is 3.53. The third-order valence-electron chi connectivity index (χ3n) is 2.98. The van der Waals surface area contributed by atoms with Gasteiger partial charge in [-0.1, -0.05) is 18.5 Å². The first-order valence-corrected chi connectivity index (χ1v) is 7.21. The summed E-state index contributed by atoms with van der Waals surface area (Å²) >= 11 is 5.78. The average Bonchev–Trinajstić information content (AvgIpc) is 2.40. The van der Waals surface area contributed by atoms with Crippen LogP contribution in [0.25, 0.3) is 0 Å². The Morgan fingerprint density at radius 3 is 2.45 bits per heavy atom. The number of carbonyl (C=O) groups excluding carboxylic acids is 2. The maximum absolute atomic E-state index is 11.8. The molecule has 2 amide bonds. The van der Waals surface area contributed by atoms with Crippen molar-refractivity contribution in [1.29, 1.82) is 0 Å². The number of amides is 2. The van der Waals surface area contributed by atoms with Crippen LogP contribution in [0, 0.1) is 0 Å². The van der Waals surface area contributed by atoms with Crippen LogP contribution in [0.5, 0.6) is 0 Å². The first-order chi connectivity index (χ1) is 9.51. The summed E-state index contributed by atoms with van der Waals surface area (Å²) in [5.41, 5.74) is 0.744. The van der Waals surface area contributed by atoms with E-state index in [1.165, 1.54) is 6.92 Å². The molecule has 4 nitrogen and oxygen atoms in total. The van der Waals surface area contributed by atoms with Crippen molar-refractivity contribution in [3.63, 3.8) is 0 Å². The van der Waals surface area contributed by atoms with Gasteiger partial charge in [0, 0.05) is 30.1 Å². The molecule has 2 N–H and O–H groups in total. The van der Waals surface area contributed by atoms with Crippen LogP contribution in [0.1, 0.15) is 39.5 Å². The van der Waals surface area contributed by atoms with Crippen LogP contribution in [0.3, 0.4) is 0 Å². The predicted molar refractivity (Wildman–Crippen MR) is 81.8 cm³/mol. The lowest BCUT2D eigenvalue weighted by atomic mass is 10.1. The third kappa shape index (κ3) is 6.57. The molecule has 0 aliphatic rings. The Balaban J connectivity index is 2.29. The zero-order valence-electron chi connectivity index (χ0n) is 11.9. The summed E-state index contributed by atoms with van der Waals surface area (Å²) < 4.78 is 0. The molecule has 0 aliphatic heterocycles. The van der Waals surface area contributed by atoms with Crippen molar-refractivity contribution in [1.82, 2.24) is 5.32 Å². The van der Waals surface area contributed by atoms with E-state index in [0.717, 1.165) is 24.9 Å². The number of hydrogen-bond acceptors (Lipinski definition) is 2. The Hall–Kier alpha value is -1.55. The monoisotopic (exact) mass is 296 g/mol. The Labute approximate surface area is 124 Å². The second-order valence-electron chi connectivity index (χ2n) is 4.75. The van der Waals surface area contributed by atoms with Gasteiger partial charge < -0.3 is 10.6 Å². The molecule has 0 bridgehead atoms. The van der Waals surface area contributed by atoms with E-state index in [2.05, 4.69) is 10.6 Å². The molecule has 0 radical (unpaired) electrons. The van der Waals surface area contributed by atoms with E-state index in [9.17, 15) is 9.59 Å². The minimum Gasteiger partial charge on any atom is -0.354 e. The molecule has 0 spiro atoms. The first-order valence-electron chi connectivity index (χ1n) is 6.83. The number of anilines is 1. The molecule has 20 heavy (non-hydrogen) atoms. The molecule has 5 heteroatoms. The third-order valence-corrected chi connectivity index (χ3v) is 3.24. The van der Waals surface area contributed by atoms with Crippen LogP contribution in [0.4, 0.5) is 5.69 Å². The molecule has 1 rings (SSSR count). The molecule has 0 aliphatic carbocycles. The van der Waals surface area contributed by atoms with Gasteiger partial charge in [-0.05, 0) is 43.5 Å². The molecule has 0 fully saturated rings. The molecule has 0 saturated heterocycles. The summed E-state index contributed by atoms with van der Waals surface area (Å²) in [5.74, 6) is -0.0486. The molecule has 1 atom stereocenters. The van der Waals surface area contributed by atoms with Crippen molar-refractivity contribution < 1.29 is 9.59 Å². The Bertz CT molecular complexity index is 446. The zero-order valence-corrected chi connectivity index (χ0v) is 12.7. The van der Waals surface area contributed by atoms with Gasteiger partial charge in [0.25, 0.3) is 0 Å². The number of carbonyl (C=O) groups is 2. The van der Waals surface area contributed by atoms with Crippen LogP contribution in [0.2, 0.25) is 5.02 Å². The highest BCUT2D eigenvalue weighted by Crippen LogP contribution is 2.14. The van der Waals surface area contributed by atoms with Crippen molar-refractivity contribution in [2.24, 2.45) is 0 Å². The molecular formula is C15H21ClN2O2. The van der Waals surface area contributed by atoms with E-state index < -0.39 is 0 Å². The van der Waals surface area contributed by atoms with E-state index in [0.29, 0.717) is 11.4 Å². The molecule has 0 saturated carbocycles. The van der Waals surface area contributed by atoms with Gasteiger partial charge in [0.2, 0.25) is 11.8 Å². The van der Waals surface area contributed by atoms with Crippen LogP contribution >= 0.6 is 11.6 Å². The SMILES string of the molecule is CCC(CCCC(=O)Nc1ccc(Cl)cc1)NC(C)=O. The molecular weight excluding hydrogens is 276 g/mol. The molecule has 1 unspecified atom stereocenters. The van der Waals surface area contributed by atoms with Crippen molar-refractivity contribution in [2.45, 2.75) is 45.6 Å². The van der Waals surface area contributed by atoms with Crippen molar-refractivity contribution in [2.75, 3.05) is 5.32 Å². The van der Waals surface area contributed by atoms with Gasteiger partial charge in [-0.3, -0.25) is 9.59 Å². The van der Waals surface area contributed by atoms with Crippen molar-refractivity contribution in [3.8, 4) is 0 Å². The summed E-state index contributed by atoms with van der Waals surface area (Å²) in [5, 5.41) is 6.33. The Kier molecular flexibility index (Phi) is 7.09. The van der Waals surface area contributed by atoms with E-state index in [-0.39, 0.29) is 17.9 Å². The van der Waals surface area contributed by atoms with E-state index in [4.69, 9.17) is 11.6 Å². The number of rotatable bonds is 7. The fourth-order valence-corrected chi connectivity index (χ4v) is 2.06. The molecule has 0 aromatic heterocycles. The lowest BCUT2D eigenvalue weighted by molar-refractivity contribution is -0.119. The minimum absolute atomic E-state index is 0.0231. The lowest BCUT2D eigenvalue weighted by Gasteiger charge is -2.15. The van der Waals surface area contributed by atoms with Crippen molar-refractivity contribution in [3.05, 3.63) is 29.3 Å². The lowest BCUT2D eigenvalue weighted by Crippen LogP contribution is -2.32. The first kappa shape index (κ1) is 16.5. The second kappa shape index (κ2) is 8.59. The van der Waals surface area contributed by atoms with Crippen molar-refractivity contribution >= 4 is 29.1 Å². The van der Waals surface area contributed by atoms with Gasteiger partial charge in [-0.25, -0.2) is 0 Å². The van der Waals surface area contributed by atoms with Crippen LogP contribution in [0.15, 0.2) is 24.3 Å². The largest absolute Gasteiger partial charge is 0.354 e. The Morgan fingerprint density at radius 2 is 1.90 bits per heavy atom. The number of nitrogens with one attached hydrogen (secondary N) is 2. The summed E-state index contributed by atoms with van der Waals surface area (Å²) in [7, 11) is 0. The van der Waals surface area contributed by atoms with Gasteiger partial charge >= 0.3 is 0 Å². The maximum Gasteiger partial charge on any atom is 0.224 e. The molecule has 110 valence electrons. The number of halogens is 1. The summed E-state index contributed by atoms with van der Waals surface area (Å²) in [4.78, 5) is 22.7. The average molecular weight is 297 g/mol. The fraction of sp³-hybridized carbons (Fsp3) is 0.467. The minimum atomic E-state index is -0.0255. The smallest absolute Gasteiger partial charge is 0.224 e. The molecule has 0 heterocycles. The van der Waals surface area contributed by atoms with E-state index in [1.54, 1.807) is 24.3 Å².